The van der Waals surface area contributed by atoms with Crippen LogP contribution in [0.5, 0.6) is 0 Å². The van der Waals surface area contributed by atoms with Crippen molar-refractivity contribution in [3.8, 4) is 0 Å². The predicted molar refractivity (Wildman–Crippen MR) is 128 cm³/mol. The molecule has 0 unspecified atom stereocenters. The number of nitrogens with zero attached hydrogens (tertiary/aromatic N) is 3. The van der Waals surface area contributed by atoms with E-state index < -0.39 is 17.1 Å². The van der Waals surface area contributed by atoms with E-state index in [9.17, 15) is 14.0 Å². The first-order valence-electron chi connectivity index (χ1n) is 11.4. The maximum atomic E-state index is 14.8. The van der Waals surface area contributed by atoms with E-state index in [4.69, 9.17) is 10.8 Å². The zero-order chi connectivity index (χ0) is 24.6. The quantitative estimate of drug-likeness (QED) is 0.474. The lowest BCUT2D eigenvalue weighted by Crippen LogP contribution is -2.42. The molecule has 1 aromatic carbocycles. The van der Waals surface area contributed by atoms with Crippen molar-refractivity contribution in [1.82, 2.24) is 14.8 Å². The summed E-state index contributed by atoms with van der Waals surface area (Å²) in [6.45, 7) is 7.03. The Bertz CT molecular complexity index is 1190. The Morgan fingerprint density at radius 1 is 1.12 bits per heavy atom. The molecule has 1 fully saturated rings. The topological polar surface area (TPSA) is 113 Å². The van der Waals surface area contributed by atoms with E-state index in [2.05, 4.69) is 10.3 Å². The first-order valence-corrected chi connectivity index (χ1v) is 11.4. The van der Waals surface area contributed by atoms with Gasteiger partial charge in [0.2, 0.25) is 5.91 Å². The van der Waals surface area contributed by atoms with Gasteiger partial charge in [0.1, 0.15) is 23.2 Å². The summed E-state index contributed by atoms with van der Waals surface area (Å²) in [7, 11) is 0. The molecule has 34 heavy (non-hydrogen) atoms. The third-order valence-electron chi connectivity index (χ3n) is 6.10. The normalized spacial score (nSPS) is 15.8. The van der Waals surface area contributed by atoms with Crippen molar-refractivity contribution in [2.75, 3.05) is 18.4 Å². The van der Waals surface area contributed by atoms with E-state index in [0.29, 0.717) is 44.0 Å². The van der Waals surface area contributed by atoms with Gasteiger partial charge in [-0.15, -0.1) is 0 Å². The van der Waals surface area contributed by atoms with Gasteiger partial charge in [-0.1, -0.05) is 26.8 Å². The lowest BCUT2D eigenvalue weighted by Gasteiger charge is -2.33. The SMILES string of the molecule is CC(C)(C)C(=O)N1CCc2cc(F)c(C(=O)Nc3cccc(C(=N)N4CCCC4=N)n3)cc2C1. The van der Waals surface area contributed by atoms with Crippen molar-refractivity contribution < 1.29 is 14.0 Å². The monoisotopic (exact) mass is 464 g/mol. The third-order valence-corrected chi connectivity index (χ3v) is 6.10. The minimum Gasteiger partial charge on any atom is -0.338 e. The number of pyridine rings is 1. The minimum atomic E-state index is -0.648. The lowest BCUT2D eigenvalue weighted by atomic mass is 9.91. The highest BCUT2D eigenvalue weighted by molar-refractivity contribution is 6.08. The number of hydrogen-bond donors (Lipinski definition) is 3. The maximum Gasteiger partial charge on any atom is 0.259 e. The molecule has 0 spiro atoms. The average molecular weight is 465 g/mol. The predicted octanol–water partition coefficient (Wildman–Crippen LogP) is 3.80. The van der Waals surface area contributed by atoms with E-state index in [1.165, 1.54) is 12.1 Å². The molecule has 2 aliphatic heterocycles. The summed E-state index contributed by atoms with van der Waals surface area (Å²) >= 11 is 0. The lowest BCUT2D eigenvalue weighted by molar-refractivity contribution is -0.140. The molecule has 0 aliphatic carbocycles. The van der Waals surface area contributed by atoms with Crippen LogP contribution in [0.3, 0.4) is 0 Å². The highest BCUT2D eigenvalue weighted by Crippen LogP contribution is 2.27. The number of amidine groups is 2. The van der Waals surface area contributed by atoms with Crippen LogP contribution in [0, 0.1) is 22.1 Å². The fourth-order valence-corrected chi connectivity index (χ4v) is 4.28. The van der Waals surface area contributed by atoms with E-state index in [0.717, 1.165) is 17.5 Å². The Balaban J connectivity index is 1.53. The number of nitrogens with one attached hydrogen (secondary N) is 3. The largest absolute Gasteiger partial charge is 0.338 e. The van der Waals surface area contributed by atoms with Crippen molar-refractivity contribution >= 4 is 29.3 Å². The number of rotatable bonds is 3. The molecular formula is C25H29FN6O2. The summed E-state index contributed by atoms with van der Waals surface area (Å²) in [5.74, 6) is -0.591. The number of carbonyl (C=O) groups is 2. The van der Waals surface area contributed by atoms with Gasteiger partial charge in [0.15, 0.2) is 5.84 Å². The van der Waals surface area contributed by atoms with Crippen LogP contribution in [0.15, 0.2) is 30.3 Å². The molecule has 2 amide bonds. The molecule has 3 heterocycles. The van der Waals surface area contributed by atoms with E-state index in [1.54, 1.807) is 28.0 Å². The molecule has 1 aromatic heterocycles. The van der Waals surface area contributed by atoms with Crippen LogP contribution in [0.2, 0.25) is 0 Å². The Labute approximate surface area is 198 Å². The number of amides is 2. The summed E-state index contributed by atoms with van der Waals surface area (Å²) in [5.41, 5.74) is 1.24. The first-order chi connectivity index (χ1) is 16.0. The molecule has 4 rings (SSSR count). The molecule has 0 bridgehead atoms. The number of halogens is 1. The second-order valence-electron chi connectivity index (χ2n) is 9.74. The Morgan fingerprint density at radius 3 is 2.56 bits per heavy atom. The fraction of sp³-hybridized carbons (Fsp3) is 0.400. The zero-order valence-electron chi connectivity index (χ0n) is 19.7. The molecule has 0 saturated carbocycles. The van der Waals surface area contributed by atoms with Gasteiger partial charge >= 0.3 is 0 Å². The molecule has 3 N–H and O–H groups in total. The average Bonchev–Trinajstić information content (AvgIpc) is 3.22. The number of fused-ring (bicyclic) bond motifs is 1. The van der Waals surface area contributed by atoms with Crippen molar-refractivity contribution in [3.63, 3.8) is 0 Å². The maximum absolute atomic E-state index is 14.8. The van der Waals surface area contributed by atoms with E-state index >= 15 is 0 Å². The van der Waals surface area contributed by atoms with Crippen molar-refractivity contribution in [2.45, 2.75) is 46.6 Å². The van der Waals surface area contributed by atoms with Crippen LogP contribution >= 0.6 is 0 Å². The van der Waals surface area contributed by atoms with E-state index in [1.807, 2.05) is 20.8 Å². The van der Waals surface area contributed by atoms with Crippen molar-refractivity contribution in [3.05, 3.63) is 58.5 Å². The Morgan fingerprint density at radius 2 is 1.88 bits per heavy atom. The van der Waals surface area contributed by atoms with Crippen LogP contribution in [0.1, 0.15) is 60.8 Å². The second kappa shape index (κ2) is 8.96. The summed E-state index contributed by atoms with van der Waals surface area (Å²) in [6, 6.07) is 7.76. The first kappa shape index (κ1) is 23.5. The molecule has 0 atom stereocenters. The minimum absolute atomic E-state index is 0.0167. The molecule has 8 nitrogen and oxygen atoms in total. The highest BCUT2D eigenvalue weighted by Gasteiger charge is 2.30. The molecule has 0 radical (unpaired) electrons. The number of carbonyl (C=O) groups excluding carboxylic acids is 2. The van der Waals surface area contributed by atoms with Gasteiger partial charge in [-0.2, -0.15) is 0 Å². The van der Waals surface area contributed by atoms with Crippen LogP contribution in [0.4, 0.5) is 10.2 Å². The highest BCUT2D eigenvalue weighted by atomic mass is 19.1. The fourth-order valence-electron chi connectivity index (χ4n) is 4.28. The van der Waals surface area contributed by atoms with E-state index in [-0.39, 0.29) is 23.1 Å². The molecule has 2 aromatic rings. The Kier molecular flexibility index (Phi) is 6.20. The van der Waals surface area contributed by atoms with Crippen LogP contribution in [-0.2, 0) is 17.8 Å². The summed E-state index contributed by atoms with van der Waals surface area (Å²) < 4.78 is 14.8. The second-order valence-corrected chi connectivity index (χ2v) is 9.74. The standard InChI is InChI=1S/C25H29FN6O2/c1-25(2,3)24(34)31-11-9-15-13-18(26)17(12-16(15)14-31)23(33)30-21-8-4-6-19(29-21)22(28)32-10-5-7-20(32)27/h4,6,8,12-13,27-28H,5,7,9-11,14H2,1-3H3,(H,29,30,33). The summed E-state index contributed by atoms with van der Waals surface area (Å²) in [4.78, 5) is 33.3. The van der Waals surface area contributed by atoms with Crippen LogP contribution in [-0.4, -0.2) is 51.4 Å². The zero-order valence-corrected chi connectivity index (χ0v) is 19.7. The van der Waals surface area contributed by atoms with Crippen molar-refractivity contribution in [1.29, 1.82) is 10.8 Å². The van der Waals surface area contributed by atoms with Gasteiger partial charge in [-0.3, -0.25) is 20.4 Å². The molecule has 178 valence electrons. The summed E-state index contributed by atoms with van der Waals surface area (Å²) in [6.07, 6.45) is 1.97. The number of anilines is 1. The van der Waals surface area contributed by atoms with Gasteiger partial charge in [0.25, 0.3) is 5.91 Å². The molecular weight excluding hydrogens is 435 g/mol. The van der Waals surface area contributed by atoms with Gasteiger partial charge < -0.3 is 15.1 Å². The molecule has 1 saturated heterocycles. The third kappa shape index (κ3) is 4.69. The van der Waals surface area contributed by atoms with Gasteiger partial charge in [-0.05, 0) is 48.2 Å². The number of aromatic nitrogens is 1. The van der Waals surface area contributed by atoms with Gasteiger partial charge in [0.05, 0.1) is 5.56 Å². The number of hydrogen-bond acceptors (Lipinski definition) is 5. The molecule has 2 aliphatic rings. The Hall–Kier alpha value is -3.62. The van der Waals surface area contributed by atoms with Crippen LogP contribution < -0.4 is 5.32 Å². The summed E-state index contributed by atoms with van der Waals surface area (Å²) in [5, 5.41) is 18.9. The van der Waals surface area contributed by atoms with Gasteiger partial charge in [0, 0.05) is 31.5 Å². The van der Waals surface area contributed by atoms with Gasteiger partial charge in [-0.25, -0.2) is 9.37 Å². The number of likely N-dealkylation sites (tertiary alicyclic amines) is 1. The van der Waals surface area contributed by atoms with Crippen LogP contribution in [0.25, 0.3) is 0 Å². The smallest absolute Gasteiger partial charge is 0.259 e. The molecule has 9 heteroatoms. The number of benzene rings is 1. The van der Waals surface area contributed by atoms with Crippen molar-refractivity contribution in [2.24, 2.45) is 5.41 Å².